The molecule has 1 atom stereocenters. The molecule has 110 valence electrons. The number of ether oxygens (including phenoxy) is 2. The molecule has 5 heteroatoms. The quantitative estimate of drug-likeness (QED) is 0.786. The van der Waals surface area contributed by atoms with Crippen LogP contribution < -0.4 is 5.32 Å². The summed E-state index contributed by atoms with van der Waals surface area (Å²) < 4.78 is 11.3. The zero-order valence-electron chi connectivity index (χ0n) is 12.3. The molecule has 0 spiro atoms. The van der Waals surface area contributed by atoms with E-state index in [-0.39, 0.29) is 12.2 Å². The number of hydrogen-bond acceptors (Lipinski definition) is 4. The van der Waals surface area contributed by atoms with Crippen LogP contribution >= 0.6 is 0 Å². The lowest BCUT2D eigenvalue weighted by atomic mass is 9.91. The number of hydrogen-bond donors (Lipinski definition) is 1. The first-order valence-corrected chi connectivity index (χ1v) is 7.26. The summed E-state index contributed by atoms with van der Waals surface area (Å²) in [5.41, 5.74) is -0.431. The minimum Gasteiger partial charge on any atom is -0.444 e. The van der Waals surface area contributed by atoms with Gasteiger partial charge in [-0.25, -0.2) is 4.79 Å². The largest absolute Gasteiger partial charge is 0.444 e. The zero-order chi connectivity index (χ0) is 13.9. The molecule has 2 saturated heterocycles. The highest BCUT2D eigenvalue weighted by Gasteiger charge is 2.32. The second-order valence-corrected chi connectivity index (χ2v) is 6.42. The third-order valence-corrected chi connectivity index (χ3v) is 3.65. The second-order valence-electron chi connectivity index (χ2n) is 6.42. The van der Waals surface area contributed by atoms with Crippen molar-refractivity contribution >= 4 is 6.09 Å². The first-order chi connectivity index (χ1) is 8.96. The van der Waals surface area contributed by atoms with E-state index in [2.05, 4.69) is 5.32 Å². The van der Waals surface area contributed by atoms with Gasteiger partial charge in [0.2, 0.25) is 0 Å². The fourth-order valence-corrected chi connectivity index (χ4v) is 2.67. The molecule has 2 aliphatic rings. The van der Waals surface area contributed by atoms with E-state index in [0.29, 0.717) is 25.6 Å². The van der Waals surface area contributed by atoms with E-state index >= 15 is 0 Å². The first-order valence-electron chi connectivity index (χ1n) is 7.26. The molecule has 0 unspecified atom stereocenters. The van der Waals surface area contributed by atoms with Crippen molar-refractivity contribution in [3.63, 3.8) is 0 Å². The van der Waals surface area contributed by atoms with Gasteiger partial charge < -0.3 is 19.7 Å². The number of morpholine rings is 1. The van der Waals surface area contributed by atoms with E-state index in [9.17, 15) is 4.79 Å². The summed E-state index contributed by atoms with van der Waals surface area (Å²) in [5, 5.41) is 3.36. The van der Waals surface area contributed by atoms with Gasteiger partial charge in [-0.05, 0) is 52.6 Å². The third kappa shape index (κ3) is 4.35. The molecular formula is C14H26N2O3. The zero-order valence-corrected chi connectivity index (χ0v) is 12.3. The second kappa shape index (κ2) is 6.09. The van der Waals surface area contributed by atoms with Gasteiger partial charge in [0.25, 0.3) is 0 Å². The molecule has 1 amide bonds. The Morgan fingerprint density at radius 2 is 2.00 bits per heavy atom. The Hall–Kier alpha value is -0.810. The van der Waals surface area contributed by atoms with E-state index in [1.54, 1.807) is 4.90 Å². The lowest BCUT2D eigenvalue weighted by Crippen LogP contribution is -2.51. The smallest absolute Gasteiger partial charge is 0.410 e. The number of carbonyl (C=O) groups excluding carboxylic acids is 1. The standard InChI is InChI=1S/C14H26N2O3/c1-14(2,3)19-13(17)16-8-9-18-12(10-16)11-4-6-15-7-5-11/h11-12,15H,4-10H2,1-3H3/t12-/m0/s1. The lowest BCUT2D eigenvalue weighted by Gasteiger charge is -2.38. The van der Waals surface area contributed by atoms with E-state index < -0.39 is 5.60 Å². The van der Waals surface area contributed by atoms with E-state index in [1.165, 1.54) is 0 Å². The number of nitrogens with one attached hydrogen (secondary N) is 1. The van der Waals surface area contributed by atoms with Crippen molar-refractivity contribution < 1.29 is 14.3 Å². The Balaban J connectivity index is 1.87. The maximum absolute atomic E-state index is 12.1. The highest BCUT2D eigenvalue weighted by atomic mass is 16.6. The van der Waals surface area contributed by atoms with Gasteiger partial charge in [-0.15, -0.1) is 0 Å². The molecule has 0 aliphatic carbocycles. The molecule has 0 aromatic heterocycles. The fraction of sp³-hybridized carbons (Fsp3) is 0.929. The fourth-order valence-electron chi connectivity index (χ4n) is 2.67. The van der Waals surface area contributed by atoms with Crippen molar-refractivity contribution in [1.82, 2.24) is 10.2 Å². The summed E-state index contributed by atoms with van der Waals surface area (Å²) in [6.07, 6.45) is 2.22. The van der Waals surface area contributed by atoms with Gasteiger partial charge in [-0.3, -0.25) is 0 Å². The maximum atomic E-state index is 12.1. The van der Waals surface area contributed by atoms with Crippen molar-refractivity contribution in [1.29, 1.82) is 0 Å². The van der Waals surface area contributed by atoms with Crippen LogP contribution in [0, 0.1) is 5.92 Å². The minimum absolute atomic E-state index is 0.170. The maximum Gasteiger partial charge on any atom is 0.410 e. The summed E-state index contributed by atoms with van der Waals surface area (Å²) in [7, 11) is 0. The summed E-state index contributed by atoms with van der Waals surface area (Å²) in [6.45, 7) is 9.72. The summed E-state index contributed by atoms with van der Waals surface area (Å²) >= 11 is 0. The molecule has 1 N–H and O–H groups in total. The van der Waals surface area contributed by atoms with Crippen molar-refractivity contribution in [2.75, 3.05) is 32.8 Å². The molecule has 2 heterocycles. The Morgan fingerprint density at radius 1 is 1.32 bits per heavy atom. The molecule has 5 nitrogen and oxygen atoms in total. The first kappa shape index (κ1) is 14.6. The van der Waals surface area contributed by atoms with Gasteiger partial charge in [0.05, 0.1) is 19.3 Å². The SMILES string of the molecule is CC(C)(C)OC(=O)N1CCO[C@H](C2CCNCC2)C1. The van der Waals surface area contributed by atoms with E-state index in [4.69, 9.17) is 9.47 Å². The summed E-state index contributed by atoms with van der Waals surface area (Å²) in [6, 6.07) is 0. The topological polar surface area (TPSA) is 50.8 Å². The number of amides is 1. The van der Waals surface area contributed by atoms with Gasteiger partial charge in [0.15, 0.2) is 0 Å². The molecule has 0 bridgehead atoms. The molecule has 2 aliphatic heterocycles. The van der Waals surface area contributed by atoms with E-state index in [1.807, 2.05) is 20.8 Å². The van der Waals surface area contributed by atoms with Crippen LogP contribution in [-0.4, -0.2) is 55.5 Å². The van der Waals surface area contributed by atoms with E-state index in [0.717, 1.165) is 25.9 Å². The van der Waals surface area contributed by atoms with Crippen molar-refractivity contribution in [2.45, 2.75) is 45.3 Å². The minimum atomic E-state index is -0.431. The molecular weight excluding hydrogens is 244 g/mol. The molecule has 0 aromatic rings. The number of nitrogens with zero attached hydrogens (tertiary/aromatic N) is 1. The molecule has 0 saturated carbocycles. The van der Waals surface area contributed by atoms with Crippen LogP contribution in [0.3, 0.4) is 0 Å². The normalized spacial score (nSPS) is 26.3. The average molecular weight is 270 g/mol. The van der Waals surface area contributed by atoms with Gasteiger partial charge in [-0.2, -0.15) is 0 Å². The molecule has 0 aromatic carbocycles. The highest BCUT2D eigenvalue weighted by molar-refractivity contribution is 5.68. The van der Waals surface area contributed by atoms with Crippen LogP contribution in [0.1, 0.15) is 33.6 Å². The molecule has 2 fully saturated rings. The average Bonchev–Trinajstić information content (AvgIpc) is 2.38. The van der Waals surface area contributed by atoms with Crippen LogP contribution in [0.2, 0.25) is 0 Å². The van der Waals surface area contributed by atoms with Crippen molar-refractivity contribution in [2.24, 2.45) is 5.92 Å². The highest BCUT2D eigenvalue weighted by Crippen LogP contribution is 2.23. The van der Waals surface area contributed by atoms with Gasteiger partial charge in [-0.1, -0.05) is 0 Å². The molecule has 2 rings (SSSR count). The Kier molecular flexibility index (Phi) is 4.68. The van der Waals surface area contributed by atoms with Crippen LogP contribution in [0.5, 0.6) is 0 Å². The lowest BCUT2D eigenvalue weighted by molar-refractivity contribution is -0.0680. The number of rotatable bonds is 1. The Labute approximate surface area is 115 Å². The number of piperidine rings is 1. The Morgan fingerprint density at radius 3 is 2.63 bits per heavy atom. The predicted octanol–water partition coefficient (Wildman–Crippen LogP) is 1.62. The van der Waals surface area contributed by atoms with Gasteiger partial charge >= 0.3 is 6.09 Å². The monoisotopic (exact) mass is 270 g/mol. The summed E-state index contributed by atoms with van der Waals surface area (Å²) in [4.78, 5) is 13.9. The Bertz CT molecular complexity index is 308. The van der Waals surface area contributed by atoms with Crippen LogP contribution in [0.15, 0.2) is 0 Å². The van der Waals surface area contributed by atoms with Crippen molar-refractivity contribution in [3.8, 4) is 0 Å². The summed E-state index contributed by atoms with van der Waals surface area (Å²) in [5.74, 6) is 0.562. The van der Waals surface area contributed by atoms with Crippen LogP contribution in [0.4, 0.5) is 4.79 Å². The van der Waals surface area contributed by atoms with Crippen molar-refractivity contribution in [3.05, 3.63) is 0 Å². The van der Waals surface area contributed by atoms with Crippen LogP contribution in [0.25, 0.3) is 0 Å². The number of carbonyl (C=O) groups is 1. The van der Waals surface area contributed by atoms with Crippen LogP contribution in [-0.2, 0) is 9.47 Å². The third-order valence-electron chi connectivity index (χ3n) is 3.65. The van der Waals surface area contributed by atoms with Gasteiger partial charge in [0.1, 0.15) is 5.60 Å². The van der Waals surface area contributed by atoms with Gasteiger partial charge in [0, 0.05) is 6.54 Å². The predicted molar refractivity (Wildman–Crippen MR) is 73.1 cm³/mol. The molecule has 0 radical (unpaired) electrons. The molecule has 19 heavy (non-hydrogen) atoms.